The van der Waals surface area contributed by atoms with Gasteiger partial charge in [0.2, 0.25) is 0 Å². The molecule has 2 saturated heterocycles. The van der Waals surface area contributed by atoms with Crippen molar-refractivity contribution in [2.45, 2.75) is 31.8 Å². The van der Waals surface area contributed by atoms with Crippen LogP contribution in [0.2, 0.25) is 0 Å². The van der Waals surface area contributed by atoms with E-state index in [4.69, 9.17) is 4.74 Å². The predicted molar refractivity (Wildman–Crippen MR) is 62.1 cm³/mol. The van der Waals surface area contributed by atoms with Crippen molar-refractivity contribution in [2.24, 2.45) is 5.92 Å². The molecule has 0 spiro atoms. The Bertz CT molecular complexity index is 180. The molecule has 0 aromatic heterocycles. The number of hydrogen-bond donors (Lipinski definition) is 1. The van der Waals surface area contributed by atoms with E-state index >= 15 is 0 Å². The van der Waals surface area contributed by atoms with E-state index in [0.29, 0.717) is 6.10 Å². The Morgan fingerprint density at radius 2 is 2.33 bits per heavy atom. The molecule has 2 atom stereocenters. The van der Waals surface area contributed by atoms with Crippen molar-refractivity contribution >= 4 is 0 Å². The van der Waals surface area contributed by atoms with Gasteiger partial charge in [0.25, 0.3) is 0 Å². The van der Waals surface area contributed by atoms with Crippen molar-refractivity contribution in [3.8, 4) is 0 Å². The summed E-state index contributed by atoms with van der Waals surface area (Å²) in [6, 6.07) is 0. The molecule has 2 aliphatic rings. The van der Waals surface area contributed by atoms with Crippen LogP contribution in [0.25, 0.3) is 0 Å². The Balaban J connectivity index is 1.63. The summed E-state index contributed by atoms with van der Waals surface area (Å²) in [7, 11) is 2.24. The Labute approximate surface area is 93.2 Å². The molecule has 0 radical (unpaired) electrons. The lowest BCUT2D eigenvalue weighted by Crippen LogP contribution is -2.39. The monoisotopic (exact) mass is 212 g/mol. The summed E-state index contributed by atoms with van der Waals surface area (Å²) < 4.78 is 5.72. The number of piperidine rings is 1. The zero-order chi connectivity index (χ0) is 10.5. The molecule has 2 heterocycles. The number of rotatable bonds is 3. The standard InChI is InChI=1S/C12H24N2O/c1-14-7-2-3-11(10-14)4-5-12-9-13-6-8-15-12/h11-13H,2-10H2,1H3. The predicted octanol–water partition coefficient (Wildman–Crippen LogP) is 1.10. The van der Waals surface area contributed by atoms with Crippen LogP contribution in [-0.2, 0) is 4.74 Å². The van der Waals surface area contributed by atoms with Crippen LogP contribution in [0.3, 0.4) is 0 Å². The maximum Gasteiger partial charge on any atom is 0.0700 e. The molecule has 2 fully saturated rings. The van der Waals surface area contributed by atoms with Crippen molar-refractivity contribution in [3.05, 3.63) is 0 Å². The lowest BCUT2D eigenvalue weighted by Gasteiger charge is -2.31. The first-order valence-corrected chi connectivity index (χ1v) is 6.35. The summed E-state index contributed by atoms with van der Waals surface area (Å²) in [6.45, 7) is 5.57. The Morgan fingerprint density at radius 3 is 3.07 bits per heavy atom. The molecule has 1 N–H and O–H groups in total. The van der Waals surface area contributed by atoms with E-state index in [-0.39, 0.29) is 0 Å². The van der Waals surface area contributed by atoms with Gasteiger partial charge in [-0.1, -0.05) is 0 Å². The molecule has 0 saturated carbocycles. The highest BCUT2D eigenvalue weighted by Gasteiger charge is 2.20. The Hall–Kier alpha value is -0.120. The smallest absolute Gasteiger partial charge is 0.0700 e. The minimum atomic E-state index is 0.478. The fraction of sp³-hybridized carbons (Fsp3) is 1.00. The largest absolute Gasteiger partial charge is 0.376 e. The second-order valence-corrected chi connectivity index (χ2v) is 5.04. The SMILES string of the molecule is CN1CCCC(CCC2CNCCO2)C1. The van der Waals surface area contributed by atoms with Gasteiger partial charge in [0.15, 0.2) is 0 Å². The summed E-state index contributed by atoms with van der Waals surface area (Å²) in [6.07, 6.45) is 5.86. The van der Waals surface area contributed by atoms with E-state index in [2.05, 4.69) is 17.3 Å². The van der Waals surface area contributed by atoms with Gasteiger partial charge in [-0.2, -0.15) is 0 Å². The quantitative estimate of drug-likeness (QED) is 0.758. The zero-order valence-electron chi connectivity index (χ0n) is 9.87. The zero-order valence-corrected chi connectivity index (χ0v) is 9.87. The lowest BCUT2D eigenvalue weighted by molar-refractivity contribution is 0.0176. The number of likely N-dealkylation sites (tertiary alicyclic amines) is 1. The van der Waals surface area contributed by atoms with Crippen LogP contribution in [0.15, 0.2) is 0 Å². The number of ether oxygens (including phenoxy) is 1. The van der Waals surface area contributed by atoms with Crippen molar-refractivity contribution in [3.63, 3.8) is 0 Å². The topological polar surface area (TPSA) is 24.5 Å². The molecule has 0 bridgehead atoms. The van der Waals surface area contributed by atoms with Crippen molar-refractivity contribution < 1.29 is 4.74 Å². The van der Waals surface area contributed by atoms with Crippen LogP contribution in [0.5, 0.6) is 0 Å². The van der Waals surface area contributed by atoms with E-state index in [1.807, 2.05) is 0 Å². The van der Waals surface area contributed by atoms with Gasteiger partial charge < -0.3 is 15.0 Å². The average molecular weight is 212 g/mol. The molecule has 15 heavy (non-hydrogen) atoms. The van der Waals surface area contributed by atoms with Crippen LogP contribution >= 0.6 is 0 Å². The van der Waals surface area contributed by atoms with Crippen molar-refractivity contribution in [1.29, 1.82) is 0 Å². The highest BCUT2D eigenvalue weighted by atomic mass is 16.5. The molecule has 2 unspecified atom stereocenters. The molecule has 88 valence electrons. The summed E-state index contributed by atoms with van der Waals surface area (Å²) in [4.78, 5) is 2.47. The summed E-state index contributed by atoms with van der Waals surface area (Å²) in [5.74, 6) is 0.911. The summed E-state index contributed by atoms with van der Waals surface area (Å²) >= 11 is 0. The number of nitrogens with zero attached hydrogens (tertiary/aromatic N) is 1. The molecule has 0 aliphatic carbocycles. The third-order valence-electron chi connectivity index (χ3n) is 3.62. The Kier molecular flexibility index (Phi) is 4.42. The molecule has 2 rings (SSSR count). The van der Waals surface area contributed by atoms with Gasteiger partial charge in [-0.15, -0.1) is 0 Å². The van der Waals surface area contributed by atoms with E-state index in [1.54, 1.807) is 0 Å². The molecular weight excluding hydrogens is 188 g/mol. The minimum Gasteiger partial charge on any atom is -0.376 e. The van der Waals surface area contributed by atoms with Crippen LogP contribution in [0.1, 0.15) is 25.7 Å². The third kappa shape index (κ3) is 3.74. The van der Waals surface area contributed by atoms with Crippen LogP contribution < -0.4 is 5.32 Å². The Morgan fingerprint density at radius 1 is 1.40 bits per heavy atom. The first kappa shape index (κ1) is 11.4. The van der Waals surface area contributed by atoms with Crippen LogP contribution in [-0.4, -0.2) is 50.8 Å². The van der Waals surface area contributed by atoms with Crippen LogP contribution in [0.4, 0.5) is 0 Å². The molecule has 3 heteroatoms. The van der Waals surface area contributed by atoms with Gasteiger partial charge in [0.05, 0.1) is 12.7 Å². The number of nitrogens with one attached hydrogen (secondary N) is 1. The normalized spacial score (nSPS) is 34.2. The fourth-order valence-electron chi connectivity index (χ4n) is 2.74. The van der Waals surface area contributed by atoms with Gasteiger partial charge in [-0.3, -0.25) is 0 Å². The molecule has 2 aliphatic heterocycles. The first-order valence-electron chi connectivity index (χ1n) is 6.35. The molecule has 3 nitrogen and oxygen atoms in total. The van der Waals surface area contributed by atoms with Gasteiger partial charge in [0.1, 0.15) is 0 Å². The number of hydrogen-bond acceptors (Lipinski definition) is 3. The number of morpholine rings is 1. The van der Waals surface area contributed by atoms with E-state index < -0.39 is 0 Å². The molecular formula is C12H24N2O. The maximum atomic E-state index is 5.72. The van der Waals surface area contributed by atoms with Crippen molar-refractivity contribution in [2.75, 3.05) is 39.8 Å². The van der Waals surface area contributed by atoms with Gasteiger partial charge in [-0.05, 0) is 45.2 Å². The second-order valence-electron chi connectivity index (χ2n) is 5.04. The van der Waals surface area contributed by atoms with Gasteiger partial charge in [0, 0.05) is 19.6 Å². The third-order valence-corrected chi connectivity index (χ3v) is 3.62. The van der Waals surface area contributed by atoms with Gasteiger partial charge in [-0.25, -0.2) is 0 Å². The average Bonchev–Trinajstić information content (AvgIpc) is 2.28. The van der Waals surface area contributed by atoms with E-state index in [0.717, 1.165) is 25.6 Å². The highest BCUT2D eigenvalue weighted by Crippen LogP contribution is 2.21. The maximum absolute atomic E-state index is 5.72. The molecule has 0 amide bonds. The van der Waals surface area contributed by atoms with E-state index in [9.17, 15) is 0 Å². The summed E-state index contributed by atoms with van der Waals surface area (Å²) in [5.41, 5.74) is 0. The molecule has 0 aromatic rings. The molecule has 0 aromatic carbocycles. The minimum absolute atomic E-state index is 0.478. The van der Waals surface area contributed by atoms with Crippen LogP contribution in [0, 0.1) is 5.92 Å². The van der Waals surface area contributed by atoms with E-state index in [1.165, 1.54) is 38.8 Å². The fourth-order valence-corrected chi connectivity index (χ4v) is 2.74. The highest BCUT2D eigenvalue weighted by molar-refractivity contribution is 4.74. The van der Waals surface area contributed by atoms with Gasteiger partial charge >= 0.3 is 0 Å². The first-order chi connectivity index (χ1) is 7.34. The second kappa shape index (κ2) is 5.83. The lowest BCUT2D eigenvalue weighted by atomic mass is 9.92. The summed E-state index contributed by atoms with van der Waals surface area (Å²) in [5, 5.41) is 3.40. The van der Waals surface area contributed by atoms with Crippen molar-refractivity contribution in [1.82, 2.24) is 10.2 Å².